The molecule has 0 heterocycles. The summed E-state index contributed by atoms with van der Waals surface area (Å²) in [7, 11) is -5.93. The number of rotatable bonds is 6. The van der Waals surface area contributed by atoms with E-state index in [0.29, 0.717) is 7.14 Å². The molecule has 168 valence electrons. The van der Waals surface area contributed by atoms with E-state index in [1.54, 1.807) is 28.7 Å². The van der Waals surface area contributed by atoms with Gasteiger partial charge in [0.25, 0.3) is 0 Å². The van der Waals surface area contributed by atoms with Crippen LogP contribution in [0.15, 0.2) is 17.0 Å². The van der Waals surface area contributed by atoms with Crippen LogP contribution in [0.3, 0.4) is 0 Å². The topological polar surface area (TPSA) is 130 Å². The van der Waals surface area contributed by atoms with Gasteiger partial charge < -0.3 is 19.1 Å². The van der Waals surface area contributed by atoms with Crippen LogP contribution in [0.4, 0.5) is 17.6 Å². The van der Waals surface area contributed by atoms with Crippen LogP contribution < -0.4 is 0 Å². The number of benzene rings is 2. The Bertz CT molecular complexity index is 1160. The van der Waals surface area contributed by atoms with Crippen LogP contribution in [0.25, 0.3) is 0 Å². The van der Waals surface area contributed by atoms with Gasteiger partial charge in [-0.15, -0.1) is 0 Å². The molecule has 0 amide bonds. The highest BCUT2D eigenvalue weighted by Crippen LogP contribution is 2.29. The molecular weight excluding hydrogens is 682 g/mol. The summed E-state index contributed by atoms with van der Waals surface area (Å²) in [6.07, 6.45) is 0. The highest BCUT2D eigenvalue weighted by atomic mass is 127. The summed E-state index contributed by atoms with van der Waals surface area (Å²) in [5.74, 6) is -13.4. The molecule has 31 heavy (non-hydrogen) atoms. The quantitative estimate of drug-likeness (QED) is 0.123. The van der Waals surface area contributed by atoms with Gasteiger partial charge in [-0.3, -0.25) is 0 Å². The molecule has 0 bridgehead atoms. The maximum atomic E-state index is 13.9. The first kappa shape index (κ1) is 25.5. The normalized spacial score (nSPS) is 11.3. The maximum absolute atomic E-state index is 13.9. The van der Waals surface area contributed by atoms with E-state index in [4.69, 9.17) is 4.74 Å². The van der Waals surface area contributed by atoms with Gasteiger partial charge in [-0.25, -0.2) is 35.6 Å². The summed E-state index contributed by atoms with van der Waals surface area (Å²) >= 11 is 3.64. The number of hydrogen-bond donors (Lipinski definition) is 1. The summed E-state index contributed by atoms with van der Waals surface area (Å²) < 4.78 is 97.4. The third kappa shape index (κ3) is 5.55. The van der Waals surface area contributed by atoms with Crippen molar-refractivity contribution in [2.24, 2.45) is 0 Å². The predicted molar refractivity (Wildman–Crippen MR) is 108 cm³/mol. The van der Waals surface area contributed by atoms with Crippen molar-refractivity contribution in [1.29, 1.82) is 0 Å². The molecule has 15 heteroatoms. The molecule has 1 N–H and O–H groups in total. The van der Waals surface area contributed by atoms with Crippen LogP contribution in [-0.2, 0) is 19.6 Å². The lowest BCUT2D eigenvalue weighted by molar-refractivity contribution is 0.0256. The van der Waals surface area contributed by atoms with Crippen LogP contribution in [0.2, 0.25) is 0 Å². The summed E-state index contributed by atoms with van der Waals surface area (Å²) in [5, 5.41) is 9.86. The van der Waals surface area contributed by atoms with Gasteiger partial charge in [0.1, 0.15) is 45.1 Å². The van der Waals surface area contributed by atoms with E-state index >= 15 is 0 Å². The first-order valence-electron chi connectivity index (χ1n) is 7.61. The Kier molecular flexibility index (Phi) is 8.09. The van der Waals surface area contributed by atoms with E-state index in [9.17, 15) is 45.2 Å². The number of carbonyl (C=O) groups excluding carboxylic acids is 2. The average molecular weight is 689 g/mol. The molecule has 0 aliphatic carbocycles. The second kappa shape index (κ2) is 9.82. The largest absolute Gasteiger partial charge is 0.744 e. The zero-order chi connectivity index (χ0) is 23.7. The van der Waals surface area contributed by atoms with Crippen molar-refractivity contribution in [3.8, 4) is 5.75 Å². The molecule has 0 unspecified atom stereocenters. The van der Waals surface area contributed by atoms with Crippen LogP contribution in [0.5, 0.6) is 5.75 Å². The monoisotopic (exact) mass is 689 g/mol. The summed E-state index contributed by atoms with van der Waals surface area (Å²) in [4.78, 5) is 21.3. The van der Waals surface area contributed by atoms with Crippen molar-refractivity contribution in [3.05, 3.63) is 53.7 Å². The van der Waals surface area contributed by atoms with Crippen molar-refractivity contribution >= 4 is 67.2 Å². The minimum Gasteiger partial charge on any atom is -0.744 e. The van der Waals surface area contributed by atoms with Crippen LogP contribution in [-0.4, -0.2) is 43.2 Å². The summed E-state index contributed by atoms with van der Waals surface area (Å²) in [6.45, 7) is -1.50. The second-order valence-electron chi connectivity index (χ2n) is 5.47. The van der Waals surface area contributed by atoms with Crippen molar-refractivity contribution < 1.29 is 54.7 Å². The van der Waals surface area contributed by atoms with E-state index in [0.717, 1.165) is 0 Å². The number of halogens is 6. The Balaban J connectivity index is 2.12. The van der Waals surface area contributed by atoms with Gasteiger partial charge in [-0.05, 0) is 57.3 Å². The van der Waals surface area contributed by atoms with Gasteiger partial charge in [0, 0.05) is 3.57 Å². The molecule has 2 aromatic carbocycles. The lowest BCUT2D eigenvalue weighted by atomic mass is 10.2. The zero-order valence-corrected chi connectivity index (χ0v) is 19.7. The minimum atomic E-state index is -5.93. The van der Waals surface area contributed by atoms with E-state index in [1.807, 2.05) is 22.6 Å². The number of phenolic OH excluding ortho intramolecular Hbond substituents is 1. The Hall–Kier alpha value is -1.73. The predicted octanol–water partition coefficient (Wildman–Crippen LogP) is 3.08. The highest BCUT2D eigenvalue weighted by molar-refractivity contribution is 14.1. The SMILES string of the molecule is O=C(OCCOC(=O)c1c(F)c(F)c(S(=O)(=O)[O-])c(F)c1F)c1cc(I)cc(I)c1O. The van der Waals surface area contributed by atoms with Crippen molar-refractivity contribution in [1.82, 2.24) is 0 Å². The fourth-order valence-electron chi connectivity index (χ4n) is 2.15. The van der Waals surface area contributed by atoms with Gasteiger partial charge in [0.2, 0.25) is 0 Å². The summed E-state index contributed by atoms with van der Waals surface area (Å²) in [5.41, 5.74) is -2.13. The Labute approximate surface area is 198 Å². The van der Waals surface area contributed by atoms with Crippen LogP contribution in [0, 0.1) is 30.4 Å². The number of hydrogen-bond acceptors (Lipinski definition) is 8. The molecule has 8 nitrogen and oxygen atoms in total. The number of aromatic hydroxyl groups is 1. The molecule has 0 aliphatic heterocycles. The first-order valence-corrected chi connectivity index (χ1v) is 11.2. The Morgan fingerprint density at radius 3 is 1.90 bits per heavy atom. The van der Waals surface area contributed by atoms with Gasteiger partial charge >= 0.3 is 11.9 Å². The molecule has 0 saturated carbocycles. The average Bonchev–Trinajstić information content (AvgIpc) is 2.65. The van der Waals surface area contributed by atoms with Crippen LogP contribution in [0.1, 0.15) is 20.7 Å². The van der Waals surface area contributed by atoms with Crippen molar-refractivity contribution in [2.75, 3.05) is 13.2 Å². The molecule has 0 radical (unpaired) electrons. The third-order valence-corrected chi connectivity index (χ3v) is 5.78. The Morgan fingerprint density at radius 1 is 0.935 bits per heavy atom. The number of carbonyl (C=O) groups is 2. The summed E-state index contributed by atoms with van der Waals surface area (Å²) in [6, 6.07) is 2.87. The minimum absolute atomic E-state index is 0.210. The number of phenols is 1. The fraction of sp³-hybridized carbons (Fsp3) is 0.125. The molecule has 2 aromatic rings. The molecule has 0 aliphatic rings. The van der Waals surface area contributed by atoms with Gasteiger partial charge in [0.05, 0.1) is 3.57 Å². The van der Waals surface area contributed by atoms with E-state index in [2.05, 4.69) is 4.74 Å². The lowest BCUT2D eigenvalue weighted by Crippen LogP contribution is -2.20. The number of ether oxygens (including phenoxy) is 2. The molecule has 0 aromatic heterocycles. The molecule has 0 atom stereocenters. The molecular formula is C16H7F4I2O8S-. The van der Waals surface area contributed by atoms with Crippen LogP contribution >= 0.6 is 45.2 Å². The van der Waals surface area contributed by atoms with E-state index < -0.39 is 69.0 Å². The van der Waals surface area contributed by atoms with E-state index in [1.165, 1.54) is 6.07 Å². The third-order valence-electron chi connectivity index (χ3n) is 3.47. The van der Waals surface area contributed by atoms with Crippen molar-refractivity contribution in [3.63, 3.8) is 0 Å². The standard InChI is InChI=1S/C16H8F4I2O8S/c17-9-8(10(18)12(20)14(11(9)19)31(26,27)28)16(25)30-2-1-29-15(24)6-3-5(21)4-7(22)13(6)23/h3-4,23H,1-2H2,(H,26,27,28)/p-1. The Morgan fingerprint density at radius 2 is 1.42 bits per heavy atom. The first-order chi connectivity index (χ1) is 14.3. The maximum Gasteiger partial charge on any atom is 0.344 e. The number of esters is 2. The molecule has 0 spiro atoms. The fourth-order valence-corrected chi connectivity index (χ4v) is 4.61. The lowest BCUT2D eigenvalue weighted by Gasteiger charge is -2.14. The molecule has 0 saturated heterocycles. The smallest absolute Gasteiger partial charge is 0.344 e. The van der Waals surface area contributed by atoms with Gasteiger partial charge in [-0.2, -0.15) is 0 Å². The zero-order valence-electron chi connectivity index (χ0n) is 14.5. The van der Waals surface area contributed by atoms with Gasteiger partial charge in [-0.1, -0.05) is 0 Å². The van der Waals surface area contributed by atoms with Crippen molar-refractivity contribution in [2.45, 2.75) is 4.90 Å². The van der Waals surface area contributed by atoms with Gasteiger partial charge in [0.15, 0.2) is 23.3 Å². The van der Waals surface area contributed by atoms with E-state index in [-0.39, 0.29) is 11.3 Å². The second-order valence-corrected chi connectivity index (χ2v) is 9.19. The molecule has 0 fully saturated rings. The highest BCUT2D eigenvalue weighted by Gasteiger charge is 2.32. The molecule has 2 rings (SSSR count).